The van der Waals surface area contributed by atoms with Crippen molar-refractivity contribution in [1.29, 1.82) is 0 Å². The minimum absolute atomic E-state index is 0.0639. The van der Waals surface area contributed by atoms with Gasteiger partial charge >= 0.3 is 0 Å². The average Bonchev–Trinajstić information content (AvgIpc) is 2.61. The summed E-state index contributed by atoms with van der Waals surface area (Å²) in [7, 11) is 3.18. The van der Waals surface area contributed by atoms with Crippen LogP contribution in [0.5, 0.6) is 11.5 Å². The van der Waals surface area contributed by atoms with E-state index in [0.29, 0.717) is 34.4 Å². The lowest BCUT2D eigenvalue weighted by Crippen LogP contribution is -2.41. The highest BCUT2D eigenvalue weighted by atomic mass is 35.5. The maximum absolute atomic E-state index is 12.5. The number of rotatable bonds is 7. The van der Waals surface area contributed by atoms with Crippen LogP contribution in [0.4, 0.5) is 0 Å². The maximum Gasteiger partial charge on any atom is 0.221 e. The molecule has 0 radical (unpaired) electrons. The number of aryl methyl sites for hydroxylation is 1. The Morgan fingerprint density at radius 1 is 1.08 bits per heavy atom. The summed E-state index contributed by atoms with van der Waals surface area (Å²) in [5.41, 5.74) is 1.25. The molecule has 1 amide bonds. The number of para-hydroxylation sites is 1. The van der Waals surface area contributed by atoms with Crippen molar-refractivity contribution >= 4 is 29.1 Å². The largest absolute Gasteiger partial charge is 0.493 e. The van der Waals surface area contributed by atoms with Crippen LogP contribution in [-0.4, -0.2) is 20.1 Å². The first-order valence-electron chi connectivity index (χ1n) is 8.25. The summed E-state index contributed by atoms with van der Waals surface area (Å²) in [4.78, 5) is 12.5. The molecule has 0 aliphatic carbocycles. The second kappa shape index (κ2) is 8.65. The molecular weight excluding hydrogens is 373 g/mol. The Bertz CT molecular complexity index is 791. The number of ether oxygens (including phenoxy) is 2. The predicted octanol–water partition coefficient (Wildman–Crippen LogP) is 4.99. The van der Waals surface area contributed by atoms with Crippen molar-refractivity contribution in [3.8, 4) is 11.5 Å². The van der Waals surface area contributed by atoms with Gasteiger partial charge in [-0.3, -0.25) is 4.79 Å². The fourth-order valence-corrected chi connectivity index (χ4v) is 3.06. The minimum Gasteiger partial charge on any atom is -0.493 e. The van der Waals surface area contributed by atoms with E-state index in [1.54, 1.807) is 26.4 Å². The normalized spacial score (nSPS) is 11.2. The van der Waals surface area contributed by atoms with Crippen molar-refractivity contribution in [2.75, 3.05) is 14.2 Å². The number of halogens is 2. The first-order valence-corrected chi connectivity index (χ1v) is 9.00. The van der Waals surface area contributed by atoms with Gasteiger partial charge < -0.3 is 14.8 Å². The number of carbonyl (C=O) groups excluding carboxylic acids is 1. The third-order valence-corrected chi connectivity index (χ3v) is 4.94. The van der Waals surface area contributed by atoms with Crippen molar-refractivity contribution in [2.45, 2.75) is 32.2 Å². The van der Waals surface area contributed by atoms with Crippen LogP contribution in [0.3, 0.4) is 0 Å². The molecule has 0 heterocycles. The average molecular weight is 396 g/mol. The Labute approximate surface area is 164 Å². The lowest BCUT2D eigenvalue weighted by molar-refractivity contribution is -0.122. The van der Waals surface area contributed by atoms with Gasteiger partial charge in [-0.1, -0.05) is 41.4 Å². The highest BCUT2D eigenvalue weighted by Crippen LogP contribution is 2.32. The van der Waals surface area contributed by atoms with Crippen molar-refractivity contribution in [1.82, 2.24) is 5.32 Å². The van der Waals surface area contributed by atoms with Crippen LogP contribution >= 0.6 is 23.2 Å². The fraction of sp³-hybridized carbons (Fsp3) is 0.350. The van der Waals surface area contributed by atoms with E-state index in [1.807, 2.05) is 38.1 Å². The topological polar surface area (TPSA) is 47.6 Å². The molecule has 0 fully saturated rings. The maximum atomic E-state index is 12.5. The van der Waals surface area contributed by atoms with Crippen LogP contribution < -0.4 is 14.8 Å². The van der Waals surface area contributed by atoms with Crippen LogP contribution in [-0.2, 0) is 16.8 Å². The minimum atomic E-state index is -0.566. The fourth-order valence-electron chi connectivity index (χ4n) is 2.77. The molecule has 0 bridgehead atoms. The molecule has 1 N–H and O–H groups in total. The third kappa shape index (κ3) is 4.83. The Kier molecular flexibility index (Phi) is 6.79. The van der Waals surface area contributed by atoms with Crippen molar-refractivity contribution in [3.05, 3.63) is 57.6 Å². The van der Waals surface area contributed by atoms with Crippen molar-refractivity contribution in [2.24, 2.45) is 0 Å². The summed E-state index contributed by atoms with van der Waals surface area (Å²) in [6, 6.07) is 11.0. The Hall–Kier alpha value is -1.91. The molecule has 6 heteroatoms. The van der Waals surface area contributed by atoms with Gasteiger partial charge in [0, 0.05) is 6.42 Å². The van der Waals surface area contributed by atoms with Crippen LogP contribution in [0.25, 0.3) is 0 Å². The second-order valence-corrected chi connectivity index (χ2v) is 7.27. The molecule has 0 unspecified atom stereocenters. The summed E-state index contributed by atoms with van der Waals surface area (Å²) < 4.78 is 10.7. The van der Waals surface area contributed by atoms with Gasteiger partial charge in [0.05, 0.1) is 29.8 Å². The Morgan fingerprint density at radius 2 is 1.81 bits per heavy atom. The summed E-state index contributed by atoms with van der Waals surface area (Å²) in [6.45, 7) is 3.85. The number of amides is 1. The first kappa shape index (κ1) is 20.4. The molecule has 2 aromatic rings. The molecule has 26 heavy (non-hydrogen) atoms. The van der Waals surface area contributed by atoms with Gasteiger partial charge in [-0.25, -0.2) is 0 Å². The predicted molar refractivity (Wildman–Crippen MR) is 105 cm³/mol. The van der Waals surface area contributed by atoms with Crippen LogP contribution in [0.2, 0.25) is 10.0 Å². The lowest BCUT2D eigenvalue weighted by Gasteiger charge is -2.27. The quantitative estimate of drug-likeness (QED) is 0.717. The highest BCUT2D eigenvalue weighted by molar-refractivity contribution is 6.42. The molecule has 0 aromatic heterocycles. The van der Waals surface area contributed by atoms with Gasteiger partial charge in [0.25, 0.3) is 0 Å². The zero-order valence-corrected chi connectivity index (χ0v) is 16.9. The molecule has 0 aliphatic heterocycles. The van der Waals surface area contributed by atoms with E-state index >= 15 is 0 Å². The van der Waals surface area contributed by atoms with Crippen molar-refractivity contribution in [3.63, 3.8) is 0 Å². The van der Waals surface area contributed by atoms with Gasteiger partial charge in [0.15, 0.2) is 11.5 Å². The summed E-state index contributed by atoms with van der Waals surface area (Å²) in [5, 5.41) is 4.00. The van der Waals surface area contributed by atoms with Crippen molar-refractivity contribution < 1.29 is 14.3 Å². The molecule has 0 spiro atoms. The second-order valence-electron chi connectivity index (χ2n) is 6.45. The first-order chi connectivity index (χ1) is 12.3. The van der Waals surface area contributed by atoms with Crippen LogP contribution in [0.1, 0.15) is 31.4 Å². The van der Waals surface area contributed by atoms with Gasteiger partial charge in [-0.2, -0.15) is 0 Å². The standard InChI is InChI=1S/C20H23Cl2NO3/c1-20(2,14-9-10-15(21)16(22)12-14)23-18(24)11-8-13-6-5-7-17(25-3)19(13)26-4/h5-7,9-10,12H,8,11H2,1-4H3,(H,23,24). The molecule has 4 nitrogen and oxygen atoms in total. The Balaban J connectivity index is 2.05. The van der Waals surface area contributed by atoms with Gasteiger partial charge in [0.1, 0.15) is 0 Å². The molecule has 2 rings (SSSR count). The van der Waals surface area contributed by atoms with E-state index < -0.39 is 5.54 Å². The molecule has 0 aliphatic rings. The van der Waals surface area contributed by atoms with E-state index in [2.05, 4.69) is 5.32 Å². The Morgan fingerprint density at radius 3 is 2.42 bits per heavy atom. The van der Waals surface area contributed by atoms with E-state index in [-0.39, 0.29) is 5.91 Å². The van der Waals surface area contributed by atoms with Gasteiger partial charge in [-0.05, 0) is 49.6 Å². The number of hydrogen-bond acceptors (Lipinski definition) is 3. The van der Waals surface area contributed by atoms with Crippen LogP contribution in [0.15, 0.2) is 36.4 Å². The summed E-state index contributed by atoms with van der Waals surface area (Å²) in [5.74, 6) is 1.25. The molecule has 140 valence electrons. The van der Waals surface area contributed by atoms with E-state index in [4.69, 9.17) is 32.7 Å². The lowest BCUT2D eigenvalue weighted by atomic mass is 9.94. The number of hydrogen-bond donors (Lipinski definition) is 1. The molecule has 2 aromatic carbocycles. The van der Waals surface area contributed by atoms with Gasteiger partial charge in [-0.15, -0.1) is 0 Å². The SMILES string of the molecule is COc1cccc(CCC(=O)NC(C)(C)c2ccc(Cl)c(Cl)c2)c1OC. The van der Waals surface area contributed by atoms with E-state index in [1.165, 1.54) is 0 Å². The summed E-state index contributed by atoms with van der Waals surface area (Å²) in [6.07, 6.45) is 0.873. The zero-order valence-electron chi connectivity index (χ0n) is 15.4. The third-order valence-electron chi connectivity index (χ3n) is 4.20. The van der Waals surface area contributed by atoms with E-state index in [9.17, 15) is 4.79 Å². The summed E-state index contributed by atoms with van der Waals surface area (Å²) >= 11 is 12.1. The molecule has 0 atom stereocenters. The highest BCUT2D eigenvalue weighted by Gasteiger charge is 2.23. The monoisotopic (exact) mass is 395 g/mol. The zero-order chi connectivity index (χ0) is 19.3. The number of nitrogens with one attached hydrogen (secondary N) is 1. The number of methoxy groups -OCH3 is 2. The molecule has 0 saturated carbocycles. The number of benzene rings is 2. The van der Waals surface area contributed by atoms with Gasteiger partial charge in [0.2, 0.25) is 5.91 Å². The molecular formula is C20H23Cl2NO3. The number of carbonyl (C=O) groups is 1. The van der Waals surface area contributed by atoms with E-state index in [0.717, 1.165) is 11.1 Å². The smallest absolute Gasteiger partial charge is 0.221 e. The van der Waals surface area contributed by atoms with Crippen LogP contribution in [0, 0.1) is 0 Å². The molecule has 0 saturated heterocycles.